The molecular weight excluding hydrogens is 244 g/mol. The summed E-state index contributed by atoms with van der Waals surface area (Å²) >= 11 is 1.68. The molecule has 94 valence electrons. The maximum Gasteiger partial charge on any atom is 0.154 e. The lowest BCUT2D eigenvalue weighted by Crippen LogP contribution is -1.99. The topological polar surface area (TPSA) is 34.9 Å². The van der Waals surface area contributed by atoms with Gasteiger partial charge in [-0.3, -0.25) is 4.79 Å². The highest BCUT2D eigenvalue weighted by molar-refractivity contribution is 7.99. The van der Waals surface area contributed by atoms with E-state index in [2.05, 4.69) is 12.0 Å². The molecule has 1 heterocycles. The lowest BCUT2D eigenvalue weighted by Gasteiger charge is -2.06. The zero-order chi connectivity index (χ0) is 13.0. The minimum Gasteiger partial charge on any atom is -0.298 e. The number of benzene rings is 1. The smallest absolute Gasteiger partial charge is 0.154 e. The zero-order valence-corrected chi connectivity index (χ0v) is 11.4. The lowest BCUT2D eigenvalue weighted by molar-refractivity contribution is 0.112. The molecule has 1 aromatic heterocycles. The minimum absolute atomic E-state index is 0.706. The van der Waals surface area contributed by atoms with Crippen LogP contribution in [0.1, 0.15) is 29.4 Å². The normalized spacial score (nSPS) is 10.6. The molecule has 0 radical (unpaired) electrons. The average Bonchev–Trinajstić information content (AvgIpc) is 2.73. The van der Waals surface area contributed by atoms with Crippen molar-refractivity contribution in [2.45, 2.75) is 25.3 Å². The standard InChI is InChI=1S/C14H16N2OS/c1-3-9-18-14-13(10-17)11(2)15-16(14)12-7-5-4-6-8-12/h4-8,10H,3,9H2,1-2H3. The van der Waals surface area contributed by atoms with Crippen LogP contribution in [0.4, 0.5) is 0 Å². The molecule has 0 amide bonds. The number of aldehydes is 1. The number of thioether (sulfide) groups is 1. The number of para-hydroxylation sites is 1. The molecule has 0 aliphatic rings. The molecule has 1 aromatic carbocycles. The summed E-state index contributed by atoms with van der Waals surface area (Å²) in [6.45, 7) is 4.00. The summed E-state index contributed by atoms with van der Waals surface area (Å²) in [4.78, 5) is 11.2. The Morgan fingerprint density at radius 1 is 1.33 bits per heavy atom. The van der Waals surface area contributed by atoms with E-state index in [9.17, 15) is 4.79 Å². The number of carbonyl (C=O) groups excluding carboxylic acids is 1. The minimum atomic E-state index is 0.706. The summed E-state index contributed by atoms with van der Waals surface area (Å²) in [5.74, 6) is 0.985. The Morgan fingerprint density at radius 2 is 2.06 bits per heavy atom. The Morgan fingerprint density at radius 3 is 2.67 bits per heavy atom. The maximum atomic E-state index is 11.2. The van der Waals surface area contributed by atoms with Gasteiger partial charge in [0.25, 0.3) is 0 Å². The van der Waals surface area contributed by atoms with Gasteiger partial charge >= 0.3 is 0 Å². The highest BCUT2D eigenvalue weighted by Gasteiger charge is 2.15. The molecule has 0 unspecified atom stereocenters. The molecular formula is C14H16N2OS. The van der Waals surface area contributed by atoms with Crippen LogP contribution in [0.3, 0.4) is 0 Å². The van der Waals surface area contributed by atoms with Crippen LogP contribution >= 0.6 is 11.8 Å². The van der Waals surface area contributed by atoms with E-state index in [0.29, 0.717) is 5.56 Å². The predicted molar refractivity (Wildman–Crippen MR) is 74.7 cm³/mol. The molecule has 2 aromatic rings. The van der Waals surface area contributed by atoms with E-state index in [-0.39, 0.29) is 0 Å². The Balaban J connectivity index is 2.49. The molecule has 3 nitrogen and oxygen atoms in total. The fourth-order valence-corrected chi connectivity index (χ4v) is 2.75. The molecule has 0 fully saturated rings. The largest absolute Gasteiger partial charge is 0.298 e. The third-order valence-electron chi connectivity index (χ3n) is 2.62. The van der Waals surface area contributed by atoms with E-state index in [1.165, 1.54) is 0 Å². The van der Waals surface area contributed by atoms with Crippen LogP contribution in [0.2, 0.25) is 0 Å². The number of rotatable bonds is 5. The molecule has 0 bridgehead atoms. The van der Waals surface area contributed by atoms with Crippen LogP contribution in [-0.4, -0.2) is 21.8 Å². The molecule has 0 atom stereocenters. The summed E-state index contributed by atoms with van der Waals surface area (Å²) in [6.07, 6.45) is 1.97. The first-order valence-electron chi connectivity index (χ1n) is 6.01. The summed E-state index contributed by atoms with van der Waals surface area (Å²) in [6, 6.07) is 9.91. The van der Waals surface area contributed by atoms with Gasteiger partial charge in [-0.25, -0.2) is 4.68 Å². The van der Waals surface area contributed by atoms with Gasteiger partial charge in [0, 0.05) is 0 Å². The van der Waals surface area contributed by atoms with Crippen LogP contribution in [0, 0.1) is 6.92 Å². The molecule has 0 aliphatic heterocycles. The fraction of sp³-hybridized carbons (Fsp3) is 0.286. The highest BCUT2D eigenvalue weighted by Crippen LogP contribution is 2.27. The van der Waals surface area contributed by atoms with E-state index in [4.69, 9.17) is 0 Å². The van der Waals surface area contributed by atoms with Crippen molar-refractivity contribution in [3.8, 4) is 5.69 Å². The molecule has 0 N–H and O–H groups in total. The highest BCUT2D eigenvalue weighted by atomic mass is 32.2. The number of aromatic nitrogens is 2. The molecule has 18 heavy (non-hydrogen) atoms. The monoisotopic (exact) mass is 260 g/mol. The summed E-state index contributed by atoms with van der Waals surface area (Å²) in [5, 5.41) is 5.41. The Kier molecular flexibility index (Phi) is 4.20. The van der Waals surface area contributed by atoms with Crippen LogP contribution in [0.25, 0.3) is 5.69 Å². The summed E-state index contributed by atoms with van der Waals surface area (Å²) < 4.78 is 1.86. The van der Waals surface area contributed by atoms with Gasteiger partial charge in [-0.1, -0.05) is 25.1 Å². The molecule has 0 aliphatic carbocycles. The van der Waals surface area contributed by atoms with Crippen molar-refractivity contribution in [1.29, 1.82) is 0 Å². The van der Waals surface area contributed by atoms with Crippen molar-refractivity contribution in [2.24, 2.45) is 0 Å². The molecule has 0 spiro atoms. The fourth-order valence-electron chi connectivity index (χ4n) is 1.74. The van der Waals surface area contributed by atoms with E-state index >= 15 is 0 Å². The second-order valence-electron chi connectivity index (χ2n) is 4.02. The molecule has 2 rings (SSSR count). The second kappa shape index (κ2) is 5.87. The van der Waals surface area contributed by atoms with Crippen molar-refractivity contribution in [2.75, 3.05) is 5.75 Å². The van der Waals surface area contributed by atoms with Crippen LogP contribution in [0.15, 0.2) is 35.4 Å². The van der Waals surface area contributed by atoms with Crippen molar-refractivity contribution >= 4 is 18.0 Å². The number of hydrogen-bond donors (Lipinski definition) is 0. The first-order valence-corrected chi connectivity index (χ1v) is 6.99. The maximum absolute atomic E-state index is 11.2. The number of carbonyl (C=O) groups is 1. The SMILES string of the molecule is CCCSc1c(C=O)c(C)nn1-c1ccccc1. The first-order chi connectivity index (χ1) is 8.77. The van der Waals surface area contributed by atoms with E-state index < -0.39 is 0 Å². The zero-order valence-electron chi connectivity index (χ0n) is 10.6. The molecule has 4 heteroatoms. The van der Waals surface area contributed by atoms with Crippen LogP contribution < -0.4 is 0 Å². The number of hydrogen-bond acceptors (Lipinski definition) is 3. The van der Waals surface area contributed by atoms with Crippen molar-refractivity contribution < 1.29 is 4.79 Å². The third kappa shape index (κ3) is 2.48. The Bertz CT molecular complexity index is 534. The van der Waals surface area contributed by atoms with Crippen molar-refractivity contribution in [3.63, 3.8) is 0 Å². The Labute approximate surface area is 111 Å². The quantitative estimate of drug-likeness (QED) is 0.609. The third-order valence-corrected chi connectivity index (χ3v) is 3.90. The number of aryl methyl sites for hydroxylation is 1. The van der Waals surface area contributed by atoms with Gasteiger partial charge in [0.05, 0.1) is 16.9 Å². The van der Waals surface area contributed by atoms with E-state index in [1.54, 1.807) is 11.8 Å². The average molecular weight is 260 g/mol. The second-order valence-corrected chi connectivity index (χ2v) is 5.10. The van der Waals surface area contributed by atoms with Gasteiger partial charge in [-0.15, -0.1) is 11.8 Å². The van der Waals surface area contributed by atoms with Crippen molar-refractivity contribution in [1.82, 2.24) is 9.78 Å². The van der Waals surface area contributed by atoms with Gasteiger partial charge in [-0.05, 0) is 31.2 Å². The summed E-state index contributed by atoms with van der Waals surface area (Å²) in [7, 11) is 0. The van der Waals surface area contributed by atoms with Gasteiger partial charge in [-0.2, -0.15) is 5.10 Å². The summed E-state index contributed by atoms with van der Waals surface area (Å²) in [5.41, 5.74) is 2.48. The van der Waals surface area contributed by atoms with Gasteiger partial charge < -0.3 is 0 Å². The van der Waals surface area contributed by atoms with E-state index in [1.807, 2.05) is 41.9 Å². The van der Waals surface area contributed by atoms with E-state index in [0.717, 1.165) is 34.9 Å². The van der Waals surface area contributed by atoms with Crippen molar-refractivity contribution in [3.05, 3.63) is 41.6 Å². The van der Waals surface area contributed by atoms with Gasteiger partial charge in [0.15, 0.2) is 6.29 Å². The molecule has 0 saturated heterocycles. The molecule has 0 saturated carbocycles. The van der Waals surface area contributed by atoms with Crippen LogP contribution in [-0.2, 0) is 0 Å². The number of nitrogens with zero attached hydrogens (tertiary/aromatic N) is 2. The van der Waals surface area contributed by atoms with Gasteiger partial charge in [0.1, 0.15) is 5.03 Å². The Hall–Kier alpha value is -1.55. The lowest BCUT2D eigenvalue weighted by atomic mass is 10.3. The first kappa shape index (κ1) is 12.9. The predicted octanol–water partition coefficient (Wildman–Crippen LogP) is 3.50. The van der Waals surface area contributed by atoms with Gasteiger partial charge in [0.2, 0.25) is 0 Å². The van der Waals surface area contributed by atoms with Crippen LogP contribution in [0.5, 0.6) is 0 Å².